The molecule has 0 aliphatic carbocycles. The molecule has 0 fully saturated rings. The number of aryl methyl sites for hydroxylation is 1. The van der Waals surface area contributed by atoms with Gasteiger partial charge in [-0.2, -0.15) is 0 Å². The second-order valence-electron chi connectivity index (χ2n) is 12.4. The van der Waals surface area contributed by atoms with E-state index in [0.29, 0.717) is 10.7 Å². The highest BCUT2D eigenvalue weighted by molar-refractivity contribution is 6.52. The quantitative estimate of drug-likeness (QED) is 0.204. The van der Waals surface area contributed by atoms with Crippen LogP contribution in [0.4, 0.5) is 0 Å². The number of aromatic nitrogens is 5. The third kappa shape index (κ3) is 5.34. The Morgan fingerprint density at radius 2 is 1.16 bits per heavy atom. The highest BCUT2D eigenvalue weighted by Crippen LogP contribution is 2.48. The van der Waals surface area contributed by atoms with Crippen LogP contribution in [0.1, 0.15) is 28.5 Å². The topological polar surface area (TPSA) is 59.4 Å². The third-order valence-corrected chi connectivity index (χ3v) is 9.34. The maximum atomic E-state index is 7.27. The van der Waals surface area contributed by atoms with Crippen LogP contribution >= 0.6 is 11.6 Å². The van der Waals surface area contributed by atoms with Crippen LogP contribution in [0.5, 0.6) is 0 Å². The Morgan fingerprint density at radius 1 is 0.580 bits per heavy atom. The summed E-state index contributed by atoms with van der Waals surface area (Å²) in [5.41, 5.74) is 15.1. The maximum Gasteiger partial charge on any atom is 0.0923 e. The smallest absolute Gasteiger partial charge is 0.0923 e. The molecule has 0 saturated carbocycles. The number of fused-ring (bicyclic) bond motifs is 8. The first-order valence-electron chi connectivity index (χ1n) is 16.5. The molecule has 6 heteroatoms. The van der Waals surface area contributed by atoms with E-state index in [1.165, 1.54) is 0 Å². The molecule has 7 aromatic rings. The first kappa shape index (κ1) is 29.8. The predicted molar refractivity (Wildman–Crippen MR) is 207 cm³/mol. The third-order valence-electron chi connectivity index (χ3n) is 9.05. The van der Waals surface area contributed by atoms with Crippen molar-refractivity contribution < 1.29 is 0 Å². The molecule has 238 valence electrons. The summed E-state index contributed by atoms with van der Waals surface area (Å²) in [6, 6.07) is 46.2. The molecule has 0 saturated heterocycles. The Bertz CT molecular complexity index is 2650. The summed E-state index contributed by atoms with van der Waals surface area (Å²) in [6.07, 6.45) is 7.96. The molecule has 0 amide bonds. The summed E-state index contributed by atoms with van der Waals surface area (Å²) in [5.74, 6) is 0. The van der Waals surface area contributed by atoms with Gasteiger partial charge in [-0.1, -0.05) is 103 Å². The van der Waals surface area contributed by atoms with E-state index in [9.17, 15) is 0 Å². The molecule has 3 aromatic carbocycles. The van der Waals surface area contributed by atoms with E-state index in [0.717, 1.165) is 83.9 Å². The molecule has 9 rings (SSSR count). The fraction of sp³-hybridized carbons (Fsp3) is 0.0227. The van der Waals surface area contributed by atoms with E-state index in [4.69, 9.17) is 21.6 Å². The zero-order chi connectivity index (χ0) is 33.6. The highest BCUT2D eigenvalue weighted by atomic mass is 35.5. The van der Waals surface area contributed by atoms with Gasteiger partial charge in [0.25, 0.3) is 0 Å². The Balaban J connectivity index is 1.63. The lowest BCUT2D eigenvalue weighted by Crippen LogP contribution is -1.99. The van der Waals surface area contributed by atoms with Crippen LogP contribution in [0.2, 0.25) is 0 Å². The van der Waals surface area contributed by atoms with E-state index in [1.54, 1.807) is 0 Å². The number of hydrogen-bond acceptors (Lipinski definition) is 3. The highest BCUT2D eigenvalue weighted by Gasteiger charge is 2.27. The minimum absolute atomic E-state index is 0.573. The molecule has 0 radical (unpaired) electrons. The number of H-pyrrole nitrogens is 1. The fourth-order valence-electron chi connectivity index (χ4n) is 6.95. The van der Waals surface area contributed by atoms with Crippen LogP contribution in [-0.2, 0) is 0 Å². The van der Waals surface area contributed by atoms with Crippen LogP contribution in [0.3, 0.4) is 0 Å². The van der Waals surface area contributed by atoms with Crippen molar-refractivity contribution in [1.29, 1.82) is 0 Å². The standard InChI is InChI=1S/C44H30ClN5/c1-28-23-37(21-22-46-28)50-39-27-35-20-19-33(48-35)24-32-17-18-34(47-32)25-36-26-38(45)43(49-36)42(31-15-9-4-10-16-31)44(50)41(30-13-7-3-8-14-30)40(39)29-11-5-2-6-12-29/h2-27,47H,1H3. The molecule has 0 spiro atoms. The van der Waals surface area contributed by atoms with Crippen LogP contribution in [0, 0.1) is 6.92 Å². The van der Waals surface area contributed by atoms with Gasteiger partial charge in [-0.05, 0) is 84.3 Å². The van der Waals surface area contributed by atoms with Crippen LogP contribution in [-0.4, -0.2) is 24.5 Å². The number of hydrogen-bond donors (Lipinski definition) is 1. The van der Waals surface area contributed by atoms with Crippen molar-refractivity contribution in [2.24, 2.45) is 0 Å². The molecule has 8 bridgehead atoms. The van der Waals surface area contributed by atoms with Gasteiger partial charge in [0.05, 0.1) is 38.8 Å². The average Bonchev–Trinajstić information content (AvgIpc) is 3.93. The predicted octanol–water partition coefficient (Wildman–Crippen LogP) is 11.4. The van der Waals surface area contributed by atoms with Gasteiger partial charge in [-0.25, -0.2) is 9.97 Å². The molecule has 4 aromatic heterocycles. The fourth-order valence-corrected chi connectivity index (χ4v) is 7.20. The van der Waals surface area contributed by atoms with Gasteiger partial charge < -0.3 is 9.55 Å². The molecular weight excluding hydrogens is 634 g/mol. The maximum absolute atomic E-state index is 7.27. The molecule has 2 aliphatic rings. The van der Waals surface area contributed by atoms with Crippen molar-refractivity contribution in [3.8, 4) is 39.1 Å². The monoisotopic (exact) mass is 663 g/mol. The van der Waals surface area contributed by atoms with E-state index < -0.39 is 0 Å². The zero-order valence-electron chi connectivity index (χ0n) is 27.2. The summed E-state index contributed by atoms with van der Waals surface area (Å²) >= 11 is 7.27. The Morgan fingerprint density at radius 3 is 1.80 bits per heavy atom. The van der Waals surface area contributed by atoms with E-state index in [-0.39, 0.29) is 0 Å². The van der Waals surface area contributed by atoms with E-state index >= 15 is 0 Å². The lowest BCUT2D eigenvalue weighted by Gasteiger charge is -2.14. The van der Waals surface area contributed by atoms with Crippen LogP contribution in [0.25, 0.3) is 84.4 Å². The SMILES string of the molecule is Cc1cc(-n2c3cc4nc(cc5ccc(cc6nc(c(-c7ccccc7)c2c(-c2ccccc2)c3-c2ccccc2)C(Cl)=C6)[nH]5)C=C4)ccn1. The summed E-state index contributed by atoms with van der Waals surface area (Å²) in [4.78, 5) is 18.4. The summed E-state index contributed by atoms with van der Waals surface area (Å²) in [6.45, 7) is 2.02. The van der Waals surface area contributed by atoms with Crippen molar-refractivity contribution >= 4 is 56.9 Å². The van der Waals surface area contributed by atoms with Crippen LogP contribution < -0.4 is 0 Å². The van der Waals surface area contributed by atoms with Gasteiger partial charge in [0.2, 0.25) is 0 Å². The number of benzene rings is 3. The van der Waals surface area contributed by atoms with Crippen molar-refractivity contribution in [3.05, 3.63) is 168 Å². The molecule has 0 atom stereocenters. The molecule has 2 aliphatic heterocycles. The average molecular weight is 664 g/mol. The Kier molecular flexibility index (Phi) is 7.33. The van der Waals surface area contributed by atoms with Crippen molar-refractivity contribution in [1.82, 2.24) is 24.5 Å². The van der Waals surface area contributed by atoms with Gasteiger partial charge >= 0.3 is 0 Å². The second kappa shape index (κ2) is 12.3. The van der Waals surface area contributed by atoms with Crippen molar-refractivity contribution in [2.45, 2.75) is 6.92 Å². The normalized spacial score (nSPS) is 12.2. The van der Waals surface area contributed by atoms with Gasteiger partial charge in [0.15, 0.2) is 0 Å². The first-order valence-corrected chi connectivity index (χ1v) is 16.9. The minimum Gasteiger partial charge on any atom is -0.355 e. The number of aromatic amines is 1. The molecular formula is C44H30ClN5. The summed E-state index contributed by atoms with van der Waals surface area (Å²) < 4.78 is 2.34. The summed E-state index contributed by atoms with van der Waals surface area (Å²) in [5, 5.41) is 0.573. The Labute approximate surface area is 294 Å². The van der Waals surface area contributed by atoms with Gasteiger partial charge in [0, 0.05) is 45.3 Å². The number of nitrogens with one attached hydrogen (secondary N) is 1. The minimum atomic E-state index is 0.573. The molecule has 1 N–H and O–H groups in total. The van der Waals surface area contributed by atoms with Crippen molar-refractivity contribution in [3.63, 3.8) is 0 Å². The van der Waals surface area contributed by atoms with E-state index in [1.807, 2.05) is 37.4 Å². The number of nitrogens with zero attached hydrogens (tertiary/aromatic N) is 4. The molecule has 0 unspecified atom stereocenters. The van der Waals surface area contributed by atoms with E-state index in [2.05, 4.69) is 142 Å². The molecule has 6 heterocycles. The number of pyridine rings is 1. The Hall–Kier alpha value is -6.30. The van der Waals surface area contributed by atoms with Crippen molar-refractivity contribution in [2.75, 3.05) is 0 Å². The number of halogens is 1. The zero-order valence-corrected chi connectivity index (χ0v) is 27.9. The van der Waals surface area contributed by atoms with Gasteiger partial charge in [-0.15, -0.1) is 0 Å². The lowest BCUT2D eigenvalue weighted by molar-refractivity contribution is 1.11. The van der Waals surface area contributed by atoms with Gasteiger partial charge in [0.1, 0.15) is 0 Å². The summed E-state index contributed by atoms with van der Waals surface area (Å²) in [7, 11) is 0. The molecule has 5 nitrogen and oxygen atoms in total. The molecule has 50 heavy (non-hydrogen) atoms. The lowest BCUT2D eigenvalue weighted by atomic mass is 9.93. The van der Waals surface area contributed by atoms with Crippen LogP contribution in [0.15, 0.2) is 140 Å². The van der Waals surface area contributed by atoms with Gasteiger partial charge in [-0.3, -0.25) is 4.98 Å². The second-order valence-corrected chi connectivity index (χ2v) is 12.8. The largest absolute Gasteiger partial charge is 0.355 e. The number of rotatable bonds is 4. The first-order chi connectivity index (χ1) is 24.6.